The molecule has 0 aliphatic carbocycles. The predicted molar refractivity (Wildman–Crippen MR) is 94.9 cm³/mol. The number of anilines is 1. The highest BCUT2D eigenvalue weighted by atomic mass is 19.1. The summed E-state index contributed by atoms with van der Waals surface area (Å²) in [6, 6.07) is 12.9. The van der Waals surface area contributed by atoms with Crippen LogP contribution in [-0.2, 0) is 9.53 Å². The molecule has 2 aromatic rings. The summed E-state index contributed by atoms with van der Waals surface area (Å²) in [6.45, 7) is 2.42. The van der Waals surface area contributed by atoms with Crippen molar-refractivity contribution in [3.05, 3.63) is 59.9 Å². The maximum absolute atomic E-state index is 13.6. The normalized spacial score (nSPS) is 13.1. The molecule has 0 bridgehead atoms. The zero-order chi connectivity index (χ0) is 18.2. The first-order valence-corrected chi connectivity index (χ1v) is 8.05. The van der Waals surface area contributed by atoms with Gasteiger partial charge < -0.3 is 20.5 Å². The lowest BCUT2D eigenvalue weighted by Crippen LogP contribution is -2.30. The van der Waals surface area contributed by atoms with Crippen LogP contribution in [0.3, 0.4) is 0 Å². The van der Waals surface area contributed by atoms with Gasteiger partial charge in [0.15, 0.2) is 0 Å². The standard InChI is InChI=1S/C19H23FN2O3/c1-13(18(21)14-6-4-3-5-7-14)19(23)22-16-12-15(20)8-9-17(16)25-11-10-24-2/h3-9,12-13,18H,10-11,21H2,1-2H3,(H,22,23). The van der Waals surface area contributed by atoms with Gasteiger partial charge in [-0.1, -0.05) is 37.3 Å². The van der Waals surface area contributed by atoms with E-state index in [-0.39, 0.29) is 11.6 Å². The molecule has 2 unspecified atom stereocenters. The van der Waals surface area contributed by atoms with Crippen molar-refractivity contribution in [1.82, 2.24) is 0 Å². The van der Waals surface area contributed by atoms with E-state index in [1.807, 2.05) is 30.3 Å². The Bertz CT molecular complexity index is 694. The van der Waals surface area contributed by atoms with E-state index in [9.17, 15) is 9.18 Å². The molecular weight excluding hydrogens is 323 g/mol. The summed E-state index contributed by atoms with van der Waals surface area (Å²) in [6.07, 6.45) is 0. The van der Waals surface area contributed by atoms with Crippen molar-refractivity contribution in [2.24, 2.45) is 11.7 Å². The Balaban J connectivity index is 2.09. The average Bonchev–Trinajstić information content (AvgIpc) is 2.63. The molecular formula is C19H23FN2O3. The van der Waals surface area contributed by atoms with Crippen LogP contribution in [0.1, 0.15) is 18.5 Å². The van der Waals surface area contributed by atoms with E-state index in [0.29, 0.717) is 19.0 Å². The molecule has 2 aromatic carbocycles. The van der Waals surface area contributed by atoms with Gasteiger partial charge in [0.05, 0.1) is 18.2 Å². The first kappa shape index (κ1) is 18.9. The fourth-order valence-electron chi connectivity index (χ4n) is 2.33. The van der Waals surface area contributed by atoms with E-state index in [2.05, 4.69) is 5.32 Å². The van der Waals surface area contributed by atoms with Gasteiger partial charge >= 0.3 is 0 Å². The molecule has 134 valence electrons. The highest BCUT2D eigenvalue weighted by Gasteiger charge is 2.23. The molecule has 0 spiro atoms. The lowest BCUT2D eigenvalue weighted by molar-refractivity contribution is -0.120. The number of methoxy groups -OCH3 is 1. The van der Waals surface area contributed by atoms with Crippen molar-refractivity contribution in [1.29, 1.82) is 0 Å². The Morgan fingerprint density at radius 1 is 1.20 bits per heavy atom. The second-order valence-corrected chi connectivity index (χ2v) is 5.70. The highest BCUT2D eigenvalue weighted by molar-refractivity contribution is 5.94. The molecule has 2 rings (SSSR count). The Morgan fingerprint density at radius 3 is 2.60 bits per heavy atom. The van der Waals surface area contributed by atoms with Crippen molar-refractivity contribution < 1.29 is 18.7 Å². The molecule has 5 nitrogen and oxygen atoms in total. The van der Waals surface area contributed by atoms with Crippen molar-refractivity contribution >= 4 is 11.6 Å². The lowest BCUT2D eigenvalue weighted by atomic mass is 9.94. The molecule has 6 heteroatoms. The minimum Gasteiger partial charge on any atom is -0.489 e. The van der Waals surface area contributed by atoms with Gasteiger partial charge in [-0.25, -0.2) is 4.39 Å². The van der Waals surface area contributed by atoms with E-state index < -0.39 is 17.8 Å². The molecule has 0 radical (unpaired) electrons. The Hall–Kier alpha value is -2.44. The van der Waals surface area contributed by atoms with Crippen LogP contribution < -0.4 is 15.8 Å². The molecule has 3 N–H and O–H groups in total. The second-order valence-electron chi connectivity index (χ2n) is 5.70. The summed E-state index contributed by atoms with van der Waals surface area (Å²) in [5, 5.41) is 2.70. The number of hydrogen-bond acceptors (Lipinski definition) is 4. The summed E-state index contributed by atoms with van der Waals surface area (Å²) in [5.74, 6) is -0.891. The van der Waals surface area contributed by atoms with Gasteiger partial charge in [0, 0.05) is 19.2 Å². The molecule has 1 amide bonds. The number of benzene rings is 2. The molecule has 0 aliphatic rings. The highest BCUT2D eigenvalue weighted by Crippen LogP contribution is 2.27. The van der Waals surface area contributed by atoms with Crippen LogP contribution in [0.25, 0.3) is 0 Å². The molecule has 25 heavy (non-hydrogen) atoms. The predicted octanol–water partition coefficient (Wildman–Crippen LogP) is 3.13. The number of hydrogen-bond donors (Lipinski definition) is 2. The summed E-state index contributed by atoms with van der Waals surface area (Å²) < 4.78 is 24.0. The van der Waals surface area contributed by atoms with Crippen LogP contribution in [0, 0.1) is 11.7 Å². The molecule has 0 saturated heterocycles. The number of nitrogens with one attached hydrogen (secondary N) is 1. The van der Waals surface area contributed by atoms with E-state index in [1.54, 1.807) is 14.0 Å². The van der Waals surface area contributed by atoms with Gasteiger partial charge in [-0.15, -0.1) is 0 Å². The second kappa shape index (κ2) is 9.15. The van der Waals surface area contributed by atoms with Crippen LogP contribution in [0.2, 0.25) is 0 Å². The first-order chi connectivity index (χ1) is 12.0. The number of carbonyl (C=O) groups excluding carboxylic acids is 1. The molecule has 2 atom stereocenters. The SMILES string of the molecule is COCCOc1ccc(F)cc1NC(=O)C(C)C(N)c1ccccc1. The number of amides is 1. The number of halogens is 1. The Labute approximate surface area is 146 Å². The van der Waals surface area contributed by atoms with Crippen molar-refractivity contribution in [2.45, 2.75) is 13.0 Å². The molecule has 0 saturated carbocycles. The van der Waals surface area contributed by atoms with E-state index in [4.69, 9.17) is 15.2 Å². The smallest absolute Gasteiger partial charge is 0.229 e. The van der Waals surface area contributed by atoms with Crippen LogP contribution in [0.15, 0.2) is 48.5 Å². The van der Waals surface area contributed by atoms with Crippen LogP contribution in [0.5, 0.6) is 5.75 Å². The molecule has 0 aliphatic heterocycles. The topological polar surface area (TPSA) is 73.6 Å². The van der Waals surface area contributed by atoms with Gasteiger partial charge in [-0.2, -0.15) is 0 Å². The van der Waals surface area contributed by atoms with E-state index in [1.165, 1.54) is 18.2 Å². The van der Waals surface area contributed by atoms with Crippen LogP contribution in [-0.4, -0.2) is 26.2 Å². The maximum Gasteiger partial charge on any atom is 0.229 e. The first-order valence-electron chi connectivity index (χ1n) is 8.05. The van der Waals surface area contributed by atoms with Crippen LogP contribution in [0.4, 0.5) is 10.1 Å². The third-order valence-corrected chi connectivity index (χ3v) is 3.88. The fraction of sp³-hybridized carbons (Fsp3) is 0.316. The third kappa shape index (κ3) is 5.27. The summed E-state index contributed by atoms with van der Waals surface area (Å²) >= 11 is 0. The fourth-order valence-corrected chi connectivity index (χ4v) is 2.33. The Kier molecular flexibility index (Phi) is 6.91. The van der Waals surface area contributed by atoms with Crippen molar-refractivity contribution in [3.63, 3.8) is 0 Å². The number of ether oxygens (including phenoxy) is 2. The van der Waals surface area contributed by atoms with Gasteiger partial charge in [0.1, 0.15) is 18.2 Å². The minimum absolute atomic E-state index is 0.271. The Morgan fingerprint density at radius 2 is 1.92 bits per heavy atom. The lowest BCUT2D eigenvalue weighted by Gasteiger charge is -2.21. The minimum atomic E-state index is -0.502. The molecule has 0 aromatic heterocycles. The monoisotopic (exact) mass is 346 g/mol. The zero-order valence-corrected chi connectivity index (χ0v) is 14.4. The molecule has 0 heterocycles. The van der Waals surface area contributed by atoms with E-state index >= 15 is 0 Å². The largest absolute Gasteiger partial charge is 0.489 e. The zero-order valence-electron chi connectivity index (χ0n) is 14.4. The number of nitrogens with two attached hydrogens (primary N) is 1. The third-order valence-electron chi connectivity index (χ3n) is 3.88. The number of carbonyl (C=O) groups is 1. The van der Waals surface area contributed by atoms with Gasteiger partial charge in [0.2, 0.25) is 5.91 Å². The average molecular weight is 346 g/mol. The van der Waals surface area contributed by atoms with Gasteiger partial charge in [0.25, 0.3) is 0 Å². The van der Waals surface area contributed by atoms with Crippen molar-refractivity contribution in [3.8, 4) is 5.75 Å². The van der Waals surface area contributed by atoms with Gasteiger partial charge in [-0.3, -0.25) is 4.79 Å². The van der Waals surface area contributed by atoms with Crippen LogP contribution >= 0.6 is 0 Å². The summed E-state index contributed by atoms with van der Waals surface area (Å²) in [5.41, 5.74) is 7.31. The number of rotatable bonds is 8. The molecule has 0 fully saturated rings. The van der Waals surface area contributed by atoms with Gasteiger partial charge in [-0.05, 0) is 17.7 Å². The summed E-state index contributed by atoms with van der Waals surface area (Å²) in [7, 11) is 1.56. The van der Waals surface area contributed by atoms with E-state index in [0.717, 1.165) is 5.56 Å². The maximum atomic E-state index is 13.6. The van der Waals surface area contributed by atoms with Crippen molar-refractivity contribution in [2.75, 3.05) is 25.6 Å². The quantitative estimate of drug-likeness (QED) is 0.720. The summed E-state index contributed by atoms with van der Waals surface area (Å²) in [4.78, 5) is 12.5.